The Balaban J connectivity index is 1.45. The highest BCUT2D eigenvalue weighted by atomic mass is 32.2. The number of benzene rings is 1. The number of nitrogens with zero attached hydrogens (tertiary/aromatic N) is 4. The summed E-state index contributed by atoms with van der Waals surface area (Å²) in [6.45, 7) is 3.04. The fraction of sp³-hybridized carbons (Fsp3) is 0.520. The van der Waals surface area contributed by atoms with Crippen molar-refractivity contribution in [3.8, 4) is 0 Å². The molecule has 0 spiro atoms. The Bertz CT molecular complexity index is 1410. The first kappa shape index (κ1) is 25.0. The van der Waals surface area contributed by atoms with E-state index in [2.05, 4.69) is 30.4 Å². The van der Waals surface area contributed by atoms with Crippen LogP contribution < -0.4 is 21.3 Å². The van der Waals surface area contributed by atoms with E-state index < -0.39 is 56.2 Å². The summed E-state index contributed by atoms with van der Waals surface area (Å²) in [5.41, 5.74) is 7.14. The number of anilines is 4. The van der Waals surface area contributed by atoms with Crippen LogP contribution >= 0.6 is 0 Å². The molecule has 2 aliphatic heterocycles. The number of carbonyl (C=O) groups excluding carboxylic acids is 2. The maximum Gasteiger partial charge on any atom is 0.229 e. The number of piperazine rings is 1. The van der Waals surface area contributed by atoms with Gasteiger partial charge in [0.1, 0.15) is 5.75 Å². The molecule has 1 aromatic carbocycles. The summed E-state index contributed by atoms with van der Waals surface area (Å²) in [5, 5.41) is 5.14. The summed E-state index contributed by atoms with van der Waals surface area (Å²) in [7, 11) is -1.86. The molecule has 1 saturated heterocycles. The number of rotatable bonds is 2. The van der Waals surface area contributed by atoms with Crippen LogP contribution in [-0.2, 0) is 14.6 Å². The molecule has 13 heteroatoms. The third-order valence-electron chi connectivity index (χ3n) is 8.51. The lowest BCUT2D eigenvalue weighted by molar-refractivity contribution is -0.123. The average Bonchev–Trinajstić information content (AvgIpc) is 3.45. The van der Waals surface area contributed by atoms with Crippen molar-refractivity contribution in [2.45, 2.75) is 24.1 Å². The normalized spacial score (nSPS) is 30.3. The molecular formula is C25H30FN7O4S. The second-order valence-electron chi connectivity index (χ2n) is 10.8. The van der Waals surface area contributed by atoms with Crippen LogP contribution in [0.2, 0.25) is 0 Å². The van der Waals surface area contributed by atoms with E-state index in [0.29, 0.717) is 36.4 Å². The molecule has 3 fully saturated rings. The third kappa shape index (κ3) is 4.27. The van der Waals surface area contributed by atoms with E-state index >= 15 is 0 Å². The number of hydrogen-bond acceptors (Lipinski definition) is 10. The summed E-state index contributed by atoms with van der Waals surface area (Å²) >= 11 is 0. The molecule has 202 valence electrons. The van der Waals surface area contributed by atoms with Crippen LogP contribution in [0.3, 0.4) is 0 Å². The Morgan fingerprint density at radius 3 is 2.68 bits per heavy atom. The van der Waals surface area contributed by atoms with Gasteiger partial charge in [-0.25, -0.2) is 17.8 Å². The number of Topliss-reactive ketones (excluding diaryl/α,β-unsaturated/α-hetero) is 1. The van der Waals surface area contributed by atoms with E-state index in [4.69, 9.17) is 5.73 Å². The Morgan fingerprint density at radius 1 is 1.18 bits per heavy atom. The molecule has 38 heavy (non-hydrogen) atoms. The minimum atomic E-state index is -3.89. The Labute approximate surface area is 219 Å². The van der Waals surface area contributed by atoms with Crippen molar-refractivity contribution < 1.29 is 22.4 Å². The van der Waals surface area contributed by atoms with Crippen molar-refractivity contribution in [1.82, 2.24) is 14.9 Å². The molecule has 0 radical (unpaired) electrons. The molecule has 2 aliphatic carbocycles. The molecule has 3 heterocycles. The van der Waals surface area contributed by atoms with Crippen LogP contribution in [-0.4, -0.2) is 85.2 Å². The zero-order valence-corrected chi connectivity index (χ0v) is 21.7. The standard InChI is InChI=1S/C25H30FN7O4S/c1-32-4-6-33(7-5-32)18-3-2-14-10-15(18)19(34)12-38(36,37)20-9-13-8-16(20)22(21(13)23(27)35)30-24-17(26)11-28-25(29-14)31-24/h2-3,10-11,13,16,20-22H,4-9,12H2,1H3,(H2,27,35)(H2,28,29,30,31)/t13-,16+,20+,21-,22+/m0/s1. The number of nitrogens with two attached hydrogens (primary N) is 1. The number of fused-ring (bicyclic) bond motifs is 5. The summed E-state index contributed by atoms with van der Waals surface area (Å²) in [6, 6.07) is 4.45. The van der Waals surface area contributed by atoms with Gasteiger partial charge in [-0.15, -0.1) is 0 Å². The zero-order chi connectivity index (χ0) is 26.8. The first-order valence-electron chi connectivity index (χ1n) is 12.8. The van der Waals surface area contributed by atoms with Gasteiger partial charge >= 0.3 is 0 Å². The second-order valence-corrected chi connectivity index (χ2v) is 13.0. The zero-order valence-electron chi connectivity index (χ0n) is 20.9. The van der Waals surface area contributed by atoms with Gasteiger partial charge in [-0.05, 0) is 49.9 Å². The summed E-state index contributed by atoms with van der Waals surface area (Å²) < 4.78 is 42.1. The van der Waals surface area contributed by atoms with Crippen LogP contribution in [0.1, 0.15) is 23.2 Å². The van der Waals surface area contributed by atoms with Crippen LogP contribution in [0.5, 0.6) is 0 Å². The number of amides is 1. The number of carbonyl (C=O) groups is 2. The fourth-order valence-electron chi connectivity index (χ4n) is 6.66. The SMILES string of the molecule is CN1CCN(c2ccc3cc2C(=O)CS(=O)(=O)[C@@H]2C[C@@H]4C[C@H]2[C@@H](Nc2nc(ncc2F)N3)[C@H]4C(N)=O)CC1. The largest absolute Gasteiger partial charge is 0.369 e. The van der Waals surface area contributed by atoms with E-state index in [1.54, 1.807) is 18.2 Å². The number of ketones is 1. The Kier molecular flexibility index (Phi) is 6.02. The Hall–Kier alpha value is -3.32. The quantitative estimate of drug-likeness (QED) is 0.501. The molecule has 4 aliphatic rings. The lowest BCUT2D eigenvalue weighted by Crippen LogP contribution is -2.49. The monoisotopic (exact) mass is 543 g/mol. The van der Waals surface area contributed by atoms with Gasteiger partial charge in [0.2, 0.25) is 11.9 Å². The molecule has 4 N–H and O–H groups in total. The van der Waals surface area contributed by atoms with Gasteiger partial charge in [0, 0.05) is 49.2 Å². The van der Waals surface area contributed by atoms with Crippen LogP contribution in [0, 0.1) is 23.6 Å². The molecule has 0 unspecified atom stereocenters. The van der Waals surface area contributed by atoms with Crippen LogP contribution in [0.15, 0.2) is 24.4 Å². The van der Waals surface area contributed by atoms with Crippen molar-refractivity contribution in [3.05, 3.63) is 35.8 Å². The molecular weight excluding hydrogens is 513 g/mol. The predicted octanol–water partition coefficient (Wildman–Crippen LogP) is 1.01. The third-order valence-corrected chi connectivity index (χ3v) is 10.6. The average molecular weight is 544 g/mol. The lowest BCUT2D eigenvalue weighted by atomic mass is 9.83. The number of primary amides is 1. The minimum Gasteiger partial charge on any atom is -0.369 e. The van der Waals surface area contributed by atoms with Crippen molar-refractivity contribution >= 4 is 44.7 Å². The highest BCUT2D eigenvalue weighted by Gasteiger charge is 2.58. The molecule has 11 nitrogen and oxygen atoms in total. The van der Waals surface area contributed by atoms with E-state index in [-0.39, 0.29) is 24.1 Å². The molecule has 5 atom stereocenters. The highest BCUT2D eigenvalue weighted by Crippen LogP contribution is 2.52. The first-order valence-corrected chi connectivity index (χ1v) is 14.5. The van der Waals surface area contributed by atoms with Crippen molar-refractivity contribution in [3.63, 3.8) is 0 Å². The number of sulfone groups is 1. The smallest absolute Gasteiger partial charge is 0.229 e. The summed E-state index contributed by atoms with van der Waals surface area (Å²) in [6.07, 6.45) is 1.70. The Morgan fingerprint density at radius 2 is 1.95 bits per heavy atom. The maximum absolute atomic E-state index is 14.8. The lowest BCUT2D eigenvalue weighted by Gasteiger charge is -2.36. The van der Waals surface area contributed by atoms with E-state index in [1.165, 1.54) is 0 Å². The van der Waals surface area contributed by atoms with Gasteiger partial charge < -0.3 is 26.2 Å². The van der Waals surface area contributed by atoms with Gasteiger partial charge in [-0.2, -0.15) is 4.98 Å². The second kappa shape index (κ2) is 9.16. The van der Waals surface area contributed by atoms with Crippen molar-refractivity contribution in [2.24, 2.45) is 23.5 Å². The van der Waals surface area contributed by atoms with Crippen molar-refractivity contribution in [1.29, 1.82) is 0 Å². The fourth-order valence-corrected chi connectivity index (χ4v) is 8.75. The first-order chi connectivity index (χ1) is 18.1. The van der Waals surface area contributed by atoms with Gasteiger partial charge in [-0.3, -0.25) is 9.59 Å². The summed E-state index contributed by atoms with van der Waals surface area (Å²) in [4.78, 5) is 38.6. The molecule has 6 bridgehead atoms. The topological polar surface area (TPSA) is 151 Å². The number of likely N-dealkylation sites (N-methyl/N-ethyl adjacent to an activating group) is 1. The molecule has 2 saturated carbocycles. The van der Waals surface area contributed by atoms with Gasteiger partial charge in [0.05, 0.1) is 17.4 Å². The molecule has 1 amide bonds. The van der Waals surface area contributed by atoms with Gasteiger partial charge in [0.15, 0.2) is 27.3 Å². The minimum absolute atomic E-state index is 0.0969. The number of halogens is 1. The predicted molar refractivity (Wildman–Crippen MR) is 140 cm³/mol. The maximum atomic E-state index is 14.8. The van der Waals surface area contributed by atoms with E-state index in [9.17, 15) is 22.4 Å². The highest BCUT2D eigenvalue weighted by molar-refractivity contribution is 7.92. The van der Waals surface area contributed by atoms with Crippen LogP contribution in [0.4, 0.5) is 27.5 Å². The van der Waals surface area contributed by atoms with Crippen LogP contribution in [0.25, 0.3) is 0 Å². The number of nitrogens with one attached hydrogen (secondary N) is 2. The van der Waals surface area contributed by atoms with Crippen molar-refractivity contribution in [2.75, 3.05) is 54.5 Å². The number of hydrogen-bond donors (Lipinski definition) is 3. The van der Waals surface area contributed by atoms with Gasteiger partial charge in [0.25, 0.3) is 0 Å². The van der Waals surface area contributed by atoms with E-state index in [1.807, 2.05) is 7.05 Å². The van der Waals surface area contributed by atoms with Gasteiger partial charge in [-0.1, -0.05) is 0 Å². The summed E-state index contributed by atoms with van der Waals surface area (Å²) in [5.74, 6) is -3.91. The molecule has 1 aromatic heterocycles. The molecule has 6 rings (SSSR count). The van der Waals surface area contributed by atoms with E-state index in [0.717, 1.165) is 19.3 Å². The molecule has 2 aromatic rings. The number of aromatic nitrogens is 2.